The van der Waals surface area contributed by atoms with E-state index in [0.717, 1.165) is 27.8 Å². The van der Waals surface area contributed by atoms with Crippen molar-refractivity contribution in [2.45, 2.75) is 20.4 Å². The van der Waals surface area contributed by atoms with E-state index >= 15 is 0 Å². The van der Waals surface area contributed by atoms with Crippen LogP contribution in [0.4, 0.5) is 11.4 Å². The van der Waals surface area contributed by atoms with E-state index in [1.54, 1.807) is 19.2 Å². The maximum Gasteiger partial charge on any atom is 0.336 e. The molecule has 0 radical (unpaired) electrons. The van der Waals surface area contributed by atoms with Crippen molar-refractivity contribution in [2.75, 3.05) is 25.3 Å². The molecule has 0 aliphatic rings. The average molecular weight is 354 g/mol. The summed E-state index contributed by atoms with van der Waals surface area (Å²) < 4.78 is 15.9. The Hall–Kier alpha value is -3.15. The van der Waals surface area contributed by atoms with E-state index in [1.807, 2.05) is 26.0 Å². The van der Waals surface area contributed by atoms with Gasteiger partial charge in [0.05, 0.1) is 25.6 Å². The highest BCUT2D eigenvalue weighted by atomic mass is 16.5. The Morgan fingerprint density at radius 1 is 1.00 bits per heavy atom. The molecular weight excluding hydrogens is 332 g/mol. The van der Waals surface area contributed by atoms with E-state index in [9.17, 15) is 4.79 Å². The van der Waals surface area contributed by atoms with Crippen molar-refractivity contribution in [3.05, 3.63) is 57.4 Å². The van der Waals surface area contributed by atoms with E-state index in [4.69, 9.17) is 19.6 Å². The third kappa shape index (κ3) is 3.31. The maximum absolute atomic E-state index is 11.9. The number of anilines is 2. The first-order valence-electron chi connectivity index (χ1n) is 8.22. The largest absolute Gasteiger partial charge is 0.493 e. The predicted molar refractivity (Wildman–Crippen MR) is 103 cm³/mol. The zero-order valence-corrected chi connectivity index (χ0v) is 15.3. The van der Waals surface area contributed by atoms with Crippen molar-refractivity contribution in [3.8, 4) is 11.5 Å². The summed E-state index contributed by atoms with van der Waals surface area (Å²) in [5, 5.41) is 4.08. The molecule has 0 unspecified atom stereocenters. The lowest BCUT2D eigenvalue weighted by atomic mass is 10.1. The van der Waals surface area contributed by atoms with Crippen molar-refractivity contribution >= 4 is 22.3 Å². The summed E-state index contributed by atoms with van der Waals surface area (Å²) in [5.41, 5.74) is 10.7. The molecule has 136 valence electrons. The van der Waals surface area contributed by atoms with Crippen LogP contribution >= 0.6 is 0 Å². The fraction of sp³-hybridized carbons (Fsp3) is 0.250. The Labute approximate surface area is 151 Å². The molecule has 2 aromatic carbocycles. The number of nitrogen functional groups attached to an aromatic ring is 1. The van der Waals surface area contributed by atoms with E-state index in [-0.39, 0.29) is 0 Å². The number of hydrogen-bond donors (Lipinski definition) is 2. The number of aryl methyl sites for hydroxylation is 2. The number of methoxy groups -OCH3 is 2. The molecule has 3 aromatic rings. The van der Waals surface area contributed by atoms with Gasteiger partial charge in [0.25, 0.3) is 0 Å². The van der Waals surface area contributed by atoms with E-state index < -0.39 is 5.63 Å². The summed E-state index contributed by atoms with van der Waals surface area (Å²) in [4.78, 5) is 11.9. The minimum Gasteiger partial charge on any atom is -0.493 e. The second-order valence-electron chi connectivity index (χ2n) is 6.17. The highest BCUT2D eigenvalue weighted by molar-refractivity contribution is 5.84. The molecule has 0 atom stereocenters. The topological polar surface area (TPSA) is 86.7 Å². The molecule has 0 saturated heterocycles. The molecule has 0 fully saturated rings. The van der Waals surface area contributed by atoms with Crippen LogP contribution in [0, 0.1) is 13.8 Å². The van der Waals surface area contributed by atoms with Gasteiger partial charge < -0.3 is 24.9 Å². The number of fused-ring (bicyclic) bond motifs is 1. The fourth-order valence-corrected chi connectivity index (χ4v) is 2.88. The lowest BCUT2D eigenvalue weighted by molar-refractivity contribution is 0.355. The Morgan fingerprint density at radius 3 is 2.35 bits per heavy atom. The number of nitrogens with two attached hydrogens (primary N) is 1. The molecule has 0 aliphatic carbocycles. The first-order valence-corrected chi connectivity index (χ1v) is 8.22. The summed E-state index contributed by atoms with van der Waals surface area (Å²) in [6, 6.07) is 8.87. The van der Waals surface area contributed by atoms with Crippen LogP contribution in [0.3, 0.4) is 0 Å². The van der Waals surface area contributed by atoms with Gasteiger partial charge in [-0.2, -0.15) is 0 Å². The third-order valence-electron chi connectivity index (χ3n) is 4.47. The van der Waals surface area contributed by atoms with Crippen LogP contribution in [-0.4, -0.2) is 14.2 Å². The molecule has 3 rings (SSSR count). The van der Waals surface area contributed by atoms with Gasteiger partial charge in [0.15, 0.2) is 11.5 Å². The van der Waals surface area contributed by atoms with Gasteiger partial charge >= 0.3 is 5.63 Å². The Kier molecular flexibility index (Phi) is 4.75. The van der Waals surface area contributed by atoms with E-state index in [1.165, 1.54) is 13.2 Å². The smallest absolute Gasteiger partial charge is 0.336 e. The molecule has 3 N–H and O–H groups in total. The minimum absolute atomic E-state index is 0.421. The molecule has 0 amide bonds. The van der Waals surface area contributed by atoms with Gasteiger partial charge in [0, 0.05) is 24.1 Å². The lowest BCUT2D eigenvalue weighted by Gasteiger charge is -2.14. The zero-order chi connectivity index (χ0) is 18.8. The molecule has 26 heavy (non-hydrogen) atoms. The highest BCUT2D eigenvalue weighted by Gasteiger charge is 2.12. The van der Waals surface area contributed by atoms with Crippen molar-refractivity contribution < 1.29 is 13.9 Å². The fourth-order valence-electron chi connectivity index (χ4n) is 2.88. The number of ether oxygens (including phenoxy) is 2. The van der Waals surface area contributed by atoms with Crippen molar-refractivity contribution in [1.29, 1.82) is 0 Å². The molecule has 6 heteroatoms. The first kappa shape index (κ1) is 17.7. The molecule has 0 aliphatic heterocycles. The molecule has 0 saturated carbocycles. The van der Waals surface area contributed by atoms with Crippen LogP contribution in [0.2, 0.25) is 0 Å². The second kappa shape index (κ2) is 7.00. The van der Waals surface area contributed by atoms with Crippen LogP contribution < -0.4 is 26.1 Å². The van der Waals surface area contributed by atoms with E-state index in [2.05, 4.69) is 5.32 Å². The molecule has 1 heterocycles. The number of rotatable bonds is 5. The minimum atomic E-state index is -0.422. The second-order valence-corrected chi connectivity index (χ2v) is 6.17. The van der Waals surface area contributed by atoms with Crippen LogP contribution in [0.25, 0.3) is 11.0 Å². The summed E-state index contributed by atoms with van der Waals surface area (Å²) in [6.07, 6.45) is 0. The van der Waals surface area contributed by atoms with Crippen LogP contribution in [0.5, 0.6) is 11.5 Å². The van der Waals surface area contributed by atoms with Gasteiger partial charge in [-0.3, -0.25) is 0 Å². The summed E-state index contributed by atoms with van der Waals surface area (Å²) >= 11 is 0. The predicted octanol–water partition coefficient (Wildman–Crippen LogP) is 3.62. The quantitative estimate of drug-likeness (QED) is 0.537. The Bertz CT molecular complexity index is 1020. The molecule has 0 bridgehead atoms. The maximum atomic E-state index is 11.9. The van der Waals surface area contributed by atoms with Crippen molar-refractivity contribution in [3.63, 3.8) is 0 Å². The monoisotopic (exact) mass is 354 g/mol. The highest BCUT2D eigenvalue weighted by Crippen LogP contribution is 2.33. The zero-order valence-electron chi connectivity index (χ0n) is 15.3. The molecule has 0 spiro atoms. The van der Waals surface area contributed by atoms with Gasteiger partial charge in [-0.25, -0.2) is 4.79 Å². The van der Waals surface area contributed by atoms with Gasteiger partial charge in [-0.15, -0.1) is 0 Å². The van der Waals surface area contributed by atoms with Crippen LogP contribution in [0.15, 0.2) is 39.5 Å². The summed E-state index contributed by atoms with van der Waals surface area (Å²) in [6.45, 7) is 4.47. The number of hydrogen-bond acceptors (Lipinski definition) is 6. The molecule has 6 nitrogen and oxygen atoms in total. The summed E-state index contributed by atoms with van der Waals surface area (Å²) in [7, 11) is 3.10. The first-order chi connectivity index (χ1) is 12.4. The van der Waals surface area contributed by atoms with Crippen molar-refractivity contribution in [1.82, 2.24) is 0 Å². The van der Waals surface area contributed by atoms with Gasteiger partial charge in [-0.05, 0) is 48.7 Å². The van der Waals surface area contributed by atoms with Crippen LogP contribution in [-0.2, 0) is 6.54 Å². The summed E-state index contributed by atoms with van der Waals surface area (Å²) in [5.74, 6) is 1.08. The average Bonchev–Trinajstić information content (AvgIpc) is 2.62. The number of nitrogens with one attached hydrogen (secondary N) is 1. The van der Waals surface area contributed by atoms with Crippen molar-refractivity contribution in [2.24, 2.45) is 0 Å². The third-order valence-corrected chi connectivity index (χ3v) is 4.47. The number of benzene rings is 2. The lowest BCUT2D eigenvalue weighted by Crippen LogP contribution is -2.08. The SMILES string of the molecule is COc1cc2oc(=O)cc(CNc3cc(C)c(C)cc3N)c2cc1OC. The standard InChI is InChI=1S/C20H22N2O4/c1-11-5-15(21)16(6-12(11)2)22-10-13-7-20(23)26-17-9-19(25-4)18(24-3)8-14(13)17/h5-9,22H,10,21H2,1-4H3. The van der Waals surface area contributed by atoms with Gasteiger partial charge in [-0.1, -0.05) is 0 Å². The molecular formula is C20H22N2O4. The van der Waals surface area contributed by atoms with E-state index in [0.29, 0.717) is 29.3 Å². The molecule has 1 aromatic heterocycles. The van der Waals surface area contributed by atoms with Gasteiger partial charge in [0.2, 0.25) is 0 Å². The van der Waals surface area contributed by atoms with Crippen LogP contribution in [0.1, 0.15) is 16.7 Å². The Balaban J connectivity index is 2.02. The normalized spacial score (nSPS) is 10.8. The van der Waals surface area contributed by atoms with Gasteiger partial charge in [0.1, 0.15) is 5.58 Å². The Morgan fingerprint density at radius 2 is 1.65 bits per heavy atom.